The second-order valence-electron chi connectivity index (χ2n) is 8.27. The molecule has 1 atom stereocenters. The van der Waals surface area contributed by atoms with Gasteiger partial charge in [0, 0.05) is 12.4 Å². The first-order valence-electron chi connectivity index (χ1n) is 11.7. The molecule has 10 heteroatoms. The average Bonchev–Trinajstić information content (AvgIpc) is 2.92. The number of fused-ring (bicyclic) bond motifs is 1. The second kappa shape index (κ2) is 11.3. The van der Waals surface area contributed by atoms with Crippen molar-refractivity contribution in [1.82, 2.24) is 29.5 Å². The van der Waals surface area contributed by atoms with Gasteiger partial charge in [-0.05, 0) is 57.0 Å². The maximum absolute atomic E-state index is 14.0. The molecule has 4 aromatic rings. The summed E-state index contributed by atoms with van der Waals surface area (Å²) in [4.78, 5) is 34.9. The Balaban J connectivity index is 1.86. The summed E-state index contributed by atoms with van der Waals surface area (Å²) in [5, 5.41) is 3.40. The van der Waals surface area contributed by atoms with Gasteiger partial charge in [0.2, 0.25) is 0 Å². The van der Waals surface area contributed by atoms with Gasteiger partial charge in [0.25, 0.3) is 5.56 Å². The largest absolute Gasteiger partial charge is 0.382 e. The van der Waals surface area contributed by atoms with Gasteiger partial charge in [0.1, 0.15) is 40.9 Å². The van der Waals surface area contributed by atoms with E-state index in [4.69, 9.17) is 10.7 Å². The minimum Gasteiger partial charge on any atom is -0.382 e. The van der Waals surface area contributed by atoms with Gasteiger partial charge >= 0.3 is 0 Å². The zero-order valence-corrected chi connectivity index (χ0v) is 21.1. The second-order valence-corrected chi connectivity index (χ2v) is 8.27. The molecule has 3 N–H and O–H groups in total. The number of halogens is 1. The predicted molar refractivity (Wildman–Crippen MR) is 146 cm³/mol. The van der Waals surface area contributed by atoms with Crippen molar-refractivity contribution in [2.24, 2.45) is 0 Å². The first kappa shape index (κ1) is 25.9. The third kappa shape index (κ3) is 5.47. The number of nitrogens with one attached hydrogen (secondary N) is 1. The summed E-state index contributed by atoms with van der Waals surface area (Å²) in [7, 11) is 0. The van der Waals surface area contributed by atoms with Crippen LogP contribution in [0.15, 0.2) is 78.3 Å². The summed E-state index contributed by atoms with van der Waals surface area (Å²) < 4.78 is 15.5. The third-order valence-electron chi connectivity index (χ3n) is 5.65. The predicted octanol–water partition coefficient (Wildman–Crippen LogP) is 4.26. The van der Waals surface area contributed by atoms with Gasteiger partial charge in [-0.15, -0.1) is 0 Å². The molecule has 4 rings (SSSR count). The fourth-order valence-electron chi connectivity index (χ4n) is 3.64. The van der Waals surface area contributed by atoms with Crippen LogP contribution >= 0.6 is 0 Å². The van der Waals surface area contributed by atoms with E-state index in [-0.39, 0.29) is 11.2 Å². The first-order valence-corrected chi connectivity index (χ1v) is 11.7. The van der Waals surface area contributed by atoms with Crippen molar-refractivity contribution in [3.8, 4) is 11.8 Å². The summed E-state index contributed by atoms with van der Waals surface area (Å²) in [6.45, 7) is 9.48. The fraction of sp³-hybridized carbons (Fsp3) is 0.143. The molecule has 1 aromatic carbocycles. The molecule has 0 saturated carbocycles. The highest BCUT2D eigenvalue weighted by Gasteiger charge is 2.20. The van der Waals surface area contributed by atoms with E-state index in [2.05, 4.69) is 43.7 Å². The summed E-state index contributed by atoms with van der Waals surface area (Å²) >= 11 is 0. The van der Waals surface area contributed by atoms with E-state index < -0.39 is 17.4 Å². The Morgan fingerprint density at radius 2 is 2.05 bits per heavy atom. The van der Waals surface area contributed by atoms with Gasteiger partial charge in [-0.25, -0.2) is 24.3 Å². The van der Waals surface area contributed by atoms with E-state index in [1.54, 1.807) is 18.3 Å². The van der Waals surface area contributed by atoms with Crippen molar-refractivity contribution < 1.29 is 4.39 Å². The van der Waals surface area contributed by atoms with Crippen molar-refractivity contribution >= 4 is 28.2 Å². The molecule has 0 aliphatic carbocycles. The Bertz CT molecular complexity index is 1700. The van der Waals surface area contributed by atoms with Crippen molar-refractivity contribution in [3.05, 3.63) is 107 Å². The van der Waals surface area contributed by atoms with Crippen LogP contribution in [0, 0.1) is 17.7 Å². The van der Waals surface area contributed by atoms with Crippen LogP contribution in [-0.4, -0.2) is 29.5 Å². The minimum atomic E-state index is -0.571. The molecular formula is C28H25FN8O. The Labute approximate surface area is 218 Å². The SMILES string of the molecule is C=C/C(=C\C(C)=C/C)n1c(C(C)Nc2ncnc(N)c2C#Cc2cnccn2)nc2ccc(F)cc2c1=O. The maximum Gasteiger partial charge on any atom is 0.266 e. The lowest BCUT2D eigenvalue weighted by atomic mass is 10.1. The Morgan fingerprint density at radius 3 is 2.76 bits per heavy atom. The summed E-state index contributed by atoms with van der Waals surface area (Å²) in [6, 6.07) is 3.34. The number of nitrogens with zero attached hydrogens (tertiary/aromatic N) is 6. The van der Waals surface area contributed by atoms with Crippen molar-refractivity contribution in [1.29, 1.82) is 0 Å². The van der Waals surface area contributed by atoms with E-state index >= 15 is 0 Å². The molecule has 0 aliphatic heterocycles. The number of rotatable bonds is 6. The molecule has 0 radical (unpaired) electrons. The van der Waals surface area contributed by atoms with E-state index in [9.17, 15) is 9.18 Å². The molecule has 190 valence electrons. The highest BCUT2D eigenvalue weighted by Crippen LogP contribution is 2.25. The Kier molecular flexibility index (Phi) is 7.68. The van der Waals surface area contributed by atoms with Gasteiger partial charge in [0.15, 0.2) is 0 Å². The molecule has 0 fully saturated rings. The molecule has 0 spiro atoms. The Hall–Kier alpha value is -5.17. The smallest absolute Gasteiger partial charge is 0.266 e. The molecule has 3 aromatic heterocycles. The quantitative estimate of drug-likeness (QED) is 0.292. The van der Waals surface area contributed by atoms with Crippen LogP contribution < -0.4 is 16.6 Å². The van der Waals surface area contributed by atoms with Crippen LogP contribution in [0.4, 0.5) is 16.0 Å². The number of allylic oxidation sites excluding steroid dienone is 5. The zero-order chi connectivity index (χ0) is 27.2. The normalized spacial score (nSPS) is 12.5. The van der Waals surface area contributed by atoms with Crippen LogP contribution in [0.1, 0.15) is 43.9 Å². The lowest BCUT2D eigenvalue weighted by Crippen LogP contribution is -2.28. The summed E-state index contributed by atoms with van der Waals surface area (Å²) in [5.74, 6) is 6.19. The molecule has 3 heterocycles. The monoisotopic (exact) mass is 508 g/mol. The van der Waals surface area contributed by atoms with Gasteiger partial charge in [-0.1, -0.05) is 24.1 Å². The third-order valence-corrected chi connectivity index (χ3v) is 5.65. The van der Waals surface area contributed by atoms with Crippen molar-refractivity contribution in [2.45, 2.75) is 26.8 Å². The maximum atomic E-state index is 14.0. The van der Waals surface area contributed by atoms with E-state index in [0.29, 0.717) is 34.1 Å². The standard InChI is InChI=1S/C28H25FN8O/c1-5-17(3)13-21(6-2)37-27(36-24-10-7-19(29)14-23(24)28(37)38)18(4)35-26-22(25(30)33-16-34-26)9-8-20-15-31-11-12-32-20/h5-7,10-16,18H,2H2,1,3-4H3,(H3,30,33,34,35)/b17-5-,21-13+. The summed E-state index contributed by atoms with van der Waals surface area (Å²) in [5.41, 5.74) is 8.23. The number of aromatic nitrogens is 6. The molecular weight excluding hydrogens is 483 g/mol. The number of anilines is 2. The van der Waals surface area contributed by atoms with Gasteiger partial charge in [-0.2, -0.15) is 0 Å². The van der Waals surface area contributed by atoms with Crippen molar-refractivity contribution in [3.63, 3.8) is 0 Å². The van der Waals surface area contributed by atoms with Crippen LogP contribution in [0.2, 0.25) is 0 Å². The summed E-state index contributed by atoms with van der Waals surface area (Å²) in [6.07, 6.45) is 11.2. The number of nitrogen functional groups attached to an aromatic ring is 1. The van der Waals surface area contributed by atoms with Crippen LogP contribution in [0.3, 0.4) is 0 Å². The molecule has 0 amide bonds. The average molecular weight is 509 g/mol. The highest BCUT2D eigenvalue weighted by atomic mass is 19.1. The van der Waals surface area contributed by atoms with E-state index in [1.807, 2.05) is 26.8 Å². The lowest BCUT2D eigenvalue weighted by molar-refractivity contribution is 0.629. The molecule has 0 bridgehead atoms. The van der Waals surface area contributed by atoms with Gasteiger partial charge in [0.05, 0.1) is 28.8 Å². The minimum absolute atomic E-state index is 0.147. The van der Waals surface area contributed by atoms with E-state index in [0.717, 1.165) is 5.57 Å². The molecule has 9 nitrogen and oxygen atoms in total. The highest BCUT2D eigenvalue weighted by molar-refractivity contribution is 5.79. The molecule has 1 unspecified atom stereocenters. The molecule has 0 aliphatic rings. The van der Waals surface area contributed by atoms with Gasteiger partial charge in [-0.3, -0.25) is 14.3 Å². The van der Waals surface area contributed by atoms with Gasteiger partial charge < -0.3 is 11.1 Å². The van der Waals surface area contributed by atoms with Crippen molar-refractivity contribution in [2.75, 3.05) is 11.1 Å². The number of benzene rings is 1. The Morgan fingerprint density at radius 1 is 1.24 bits per heavy atom. The zero-order valence-electron chi connectivity index (χ0n) is 21.1. The fourth-order valence-corrected chi connectivity index (χ4v) is 3.64. The number of nitrogens with two attached hydrogens (primary N) is 1. The number of hydrogen-bond acceptors (Lipinski definition) is 8. The molecule has 38 heavy (non-hydrogen) atoms. The lowest BCUT2D eigenvalue weighted by Gasteiger charge is -2.21. The number of hydrogen-bond donors (Lipinski definition) is 2. The van der Waals surface area contributed by atoms with Crippen LogP contribution in [-0.2, 0) is 0 Å². The van der Waals surface area contributed by atoms with Crippen LogP contribution in [0.25, 0.3) is 16.6 Å². The molecule has 0 saturated heterocycles. The first-order chi connectivity index (χ1) is 18.3. The van der Waals surface area contributed by atoms with Crippen LogP contribution in [0.5, 0.6) is 0 Å². The topological polar surface area (TPSA) is 124 Å². The van der Waals surface area contributed by atoms with E-state index in [1.165, 1.54) is 41.5 Å².